The normalized spacial score (nSPS) is 10.5. The SMILES string of the molecule is O=C(O)Cc1cc(F)cc(-c2cc(Cl)ccc2Cl)c1. The lowest BCUT2D eigenvalue weighted by Crippen LogP contribution is -2.00. The highest BCUT2D eigenvalue weighted by atomic mass is 35.5. The Kier molecular flexibility index (Phi) is 4.08. The zero-order chi connectivity index (χ0) is 14.0. The number of carboxylic acid groups (broad SMARTS) is 1. The summed E-state index contributed by atoms with van der Waals surface area (Å²) in [6, 6.07) is 8.93. The van der Waals surface area contributed by atoms with Gasteiger partial charge < -0.3 is 5.11 Å². The zero-order valence-electron chi connectivity index (χ0n) is 9.66. The molecule has 0 fully saturated rings. The summed E-state index contributed by atoms with van der Waals surface area (Å²) in [6.45, 7) is 0. The van der Waals surface area contributed by atoms with Crippen molar-refractivity contribution in [2.45, 2.75) is 6.42 Å². The average molecular weight is 299 g/mol. The summed E-state index contributed by atoms with van der Waals surface area (Å²) in [5, 5.41) is 9.65. The number of hydrogen-bond acceptors (Lipinski definition) is 1. The summed E-state index contributed by atoms with van der Waals surface area (Å²) >= 11 is 11.9. The first-order valence-electron chi connectivity index (χ1n) is 5.42. The molecule has 0 aromatic heterocycles. The van der Waals surface area contributed by atoms with Crippen molar-refractivity contribution in [1.29, 1.82) is 0 Å². The Morgan fingerprint density at radius 1 is 1.16 bits per heavy atom. The molecule has 0 aliphatic heterocycles. The van der Waals surface area contributed by atoms with Crippen molar-refractivity contribution in [3.8, 4) is 11.1 Å². The molecule has 98 valence electrons. The van der Waals surface area contributed by atoms with Crippen LogP contribution >= 0.6 is 23.2 Å². The Morgan fingerprint density at radius 2 is 1.89 bits per heavy atom. The van der Waals surface area contributed by atoms with Gasteiger partial charge in [0.25, 0.3) is 0 Å². The van der Waals surface area contributed by atoms with Crippen LogP contribution in [0, 0.1) is 5.82 Å². The van der Waals surface area contributed by atoms with Gasteiger partial charge in [0.15, 0.2) is 0 Å². The van der Waals surface area contributed by atoms with Gasteiger partial charge in [0.05, 0.1) is 6.42 Å². The lowest BCUT2D eigenvalue weighted by Gasteiger charge is -2.08. The van der Waals surface area contributed by atoms with E-state index in [2.05, 4.69) is 0 Å². The molecule has 0 bridgehead atoms. The van der Waals surface area contributed by atoms with Gasteiger partial charge in [-0.15, -0.1) is 0 Å². The van der Waals surface area contributed by atoms with Crippen LogP contribution in [-0.4, -0.2) is 11.1 Å². The quantitative estimate of drug-likeness (QED) is 0.910. The highest BCUT2D eigenvalue weighted by Crippen LogP contribution is 2.31. The third kappa shape index (κ3) is 3.46. The molecule has 0 amide bonds. The topological polar surface area (TPSA) is 37.3 Å². The largest absolute Gasteiger partial charge is 0.481 e. The van der Waals surface area contributed by atoms with Crippen molar-refractivity contribution in [2.24, 2.45) is 0 Å². The molecule has 0 saturated heterocycles. The number of carbonyl (C=O) groups is 1. The summed E-state index contributed by atoms with van der Waals surface area (Å²) in [7, 11) is 0. The fourth-order valence-corrected chi connectivity index (χ4v) is 2.20. The minimum atomic E-state index is -1.02. The molecular weight excluding hydrogens is 290 g/mol. The van der Waals surface area contributed by atoms with Gasteiger partial charge >= 0.3 is 5.97 Å². The highest BCUT2D eigenvalue weighted by molar-refractivity contribution is 6.35. The summed E-state index contributed by atoms with van der Waals surface area (Å²) < 4.78 is 13.5. The van der Waals surface area contributed by atoms with Crippen molar-refractivity contribution in [3.63, 3.8) is 0 Å². The fraction of sp³-hybridized carbons (Fsp3) is 0.0714. The van der Waals surface area contributed by atoms with Crippen LogP contribution in [0.3, 0.4) is 0 Å². The van der Waals surface area contributed by atoms with Crippen molar-refractivity contribution in [1.82, 2.24) is 0 Å². The summed E-state index contributed by atoms with van der Waals surface area (Å²) in [5.41, 5.74) is 1.45. The second kappa shape index (κ2) is 5.59. The minimum absolute atomic E-state index is 0.247. The van der Waals surface area contributed by atoms with E-state index >= 15 is 0 Å². The predicted octanol–water partition coefficient (Wildman–Crippen LogP) is 4.43. The molecule has 0 unspecified atom stereocenters. The van der Waals surface area contributed by atoms with E-state index < -0.39 is 11.8 Å². The van der Waals surface area contributed by atoms with Gasteiger partial charge in [0, 0.05) is 15.6 Å². The Morgan fingerprint density at radius 3 is 2.58 bits per heavy atom. The monoisotopic (exact) mass is 298 g/mol. The second-order valence-corrected chi connectivity index (χ2v) is 4.89. The van der Waals surface area contributed by atoms with Crippen molar-refractivity contribution in [2.75, 3.05) is 0 Å². The van der Waals surface area contributed by atoms with Crippen LogP contribution in [0.15, 0.2) is 36.4 Å². The molecule has 0 radical (unpaired) electrons. The van der Waals surface area contributed by atoms with E-state index in [1.165, 1.54) is 12.1 Å². The first-order chi connectivity index (χ1) is 8.95. The molecule has 2 aromatic carbocycles. The van der Waals surface area contributed by atoms with Gasteiger partial charge in [-0.05, 0) is 41.5 Å². The molecule has 0 saturated carbocycles. The molecule has 2 nitrogen and oxygen atoms in total. The zero-order valence-corrected chi connectivity index (χ0v) is 11.2. The van der Waals surface area contributed by atoms with E-state index in [4.69, 9.17) is 28.3 Å². The van der Waals surface area contributed by atoms with Crippen LogP contribution in [0.5, 0.6) is 0 Å². The van der Waals surface area contributed by atoms with Gasteiger partial charge in [-0.1, -0.05) is 29.3 Å². The molecule has 0 aliphatic rings. The van der Waals surface area contributed by atoms with E-state index in [0.29, 0.717) is 26.7 Å². The number of rotatable bonds is 3. The lowest BCUT2D eigenvalue weighted by atomic mass is 10.0. The van der Waals surface area contributed by atoms with Crippen LogP contribution in [0.1, 0.15) is 5.56 Å². The van der Waals surface area contributed by atoms with Crippen molar-refractivity contribution < 1.29 is 14.3 Å². The number of hydrogen-bond donors (Lipinski definition) is 1. The van der Waals surface area contributed by atoms with E-state index in [9.17, 15) is 9.18 Å². The molecule has 2 aromatic rings. The maximum atomic E-state index is 13.5. The van der Waals surface area contributed by atoms with E-state index in [1.54, 1.807) is 24.3 Å². The summed E-state index contributed by atoms with van der Waals surface area (Å²) in [6.07, 6.45) is -0.247. The van der Waals surface area contributed by atoms with E-state index in [1.807, 2.05) is 0 Å². The summed E-state index contributed by atoms with van der Waals surface area (Å²) in [4.78, 5) is 10.7. The number of benzene rings is 2. The molecule has 1 N–H and O–H groups in total. The molecule has 0 spiro atoms. The fourth-order valence-electron chi connectivity index (χ4n) is 1.80. The smallest absolute Gasteiger partial charge is 0.307 e. The maximum absolute atomic E-state index is 13.5. The van der Waals surface area contributed by atoms with Gasteiger partial charge in [-0.2, -0.15) is 0 Å². The number of halogens is 3. The highest BCUT2D eigenvalue weighted by Gasteiger charge is 2.09. The molecule has 5 heteroatoms. The first-order valence-corrected chi connectivity index (χ1v) is 6.18. The molecule has 0 heterocycles. The Bertz CT molecular complexity index is 641. The lowest BCUT2D eigenvalue weighted by molar-refractivity contribution is -0.136. The summed E-state index contributed by atoms with van der Waals surface area (Å²) in [5.74, 6) is -1.53. The first kappa shape index (κ1) is 13.8. The van der Waals surface area contributed by atoms with Crippen LogP contribution in [-0.2, 0) is 11.2 Å². The van der Waals surface area contributed by atoms with E-state index in [0.717, 1.165) is 0 Å². The molecular formula is C14H9Cl2FO2. The number of aliphatic carboxylic acids is 1. The van der Waals surface area contributed by atoms with Crippen LogP contribution in [0.25, 0.3) is 11.1 Å². The predicted molar refractivity (Wildman–Crippen MR) is 73.2 cm³/mol. The molecule has 2 rings (SSSR count). The van der Waals surface area contributed by atoms with Gasteiger partial charge in [0.1, 0.15) is 5.82 Å². The molecule has 0 atom stereocenters. The number of carboxylic acids is 1. The Labute approximate surface area is 119 Å². The van der Waals surface area contributed by atoms with E-state index in [-0.39, 0.29) is 6.42 Å². The maximum Gasteiger partial charge on any atom is 0.307 e. The standard InChI is InChI=1S/C14H9Cl2FO2/c15-10-1-2-13(16)12(7-10)9-3-8(5-14(18)19)4-11(17)6-9/h1-4,6-7H,5H2,(H,18,19). The Balaban J connectivity index is 2.52. The third-order valence-corrected chi connectivity index (χ3v) is 3.12. The molecule has 0 aliphatic carbocycles. The molecule has 19 heavy (non-hydrogen) atoms. The Hall–Kier alpha value is -1.58. The van der Waals surface area contributed by atoms with Gasteiger partial charge in [0.2, 0.25) is 0 Å². The second-order valence-electron chi connectivity index (χ2n) is 4.04. The van der Waals surface area contributed by atoms with Crippen LogP contribution in [0.2, 0.25) is 10.0 Å². The average Bonchev–Trinajstić information content (AvgIpc) is 2.30. The van der Waals surface area contributed by atoms with Gasteiger partial charge in [-0.3, -0.25) is 4.79 Å². The van der Waals surface area contributed by atoms with Crippen LogP contribution in [0.4, 0.5) is 4.39 Å². The van der Waals surface area contributed by atoms with Crippen molar-refractivity contribution in [3.05, 3.63) is 57.8 Å². The minimum Gasteiger partial charge on any atom is -0.481 e. The van der Waals surface area contributed by atoms with Gasteiger partial charge in [-0.25, -0.2) is 4.39 Å². The van der Waals surface area contributed by atoms with Crippen LogP contribution < -0.4 is 0 Å². The van der Waals surface area contributed by atoms with Crippen molar-refractivity contribution >= 4 is 29.2 Å². The third-order valence-electron chi connectivity index (χ3n) is 2.55.